The van der Waals surface area contributed by atoms with Gasteiger partial charge in [0.25, 0.3) is 15.9 Å². The molecule has 2 N–H and O–H groups in total. The van der Waals surface area contributed by atoms with Crippen molar-refractivity contribution in [1.29, 1.82) is 0 Å². The van der Waals surface area contributed by atoms with E-state index in [0.717, 1.165) is 29.3 Å². The Hall–Kier alpha value is -2.43. The summed E-state index contributed by atoms with van der Waals surface area (Å²) in [5.74, 6) is -1.34. The SMILES string of the molecule is CNC(=O)c1cnc2c(c1)N(S(=O)(=O)c1ccc(Cl)cc1F)CCO2.OC1CCCC1. The van der Waals surface area contributed by atoms with Crippen molar-refractivity contribution in [3.8, 4) is 5.88 Å². The molecule has 2 aromatic rings. The molecule has 2 heterocycles. The van der Waals surface area contributed by atoms with Gasteiger partial charge in [0.15, 0.2) is 0 Å². The molecule has 0 unspecified atom stereocenters. The van der Waals surface area contributed by atoms with Crippen LogP contribution in [0, 0.1) is 5.82 Å². The van der Waals surface area contributed by atoms with Gasteiger partial charge in [0, 0.05) is 18.3 Å². The summed E-state index contributed by atoms with van der Waals surface area (Å²) >= 11 is 5.68. The summed E-state index contributed by atoms with van der Waals surface area (Å²) in [5, 5.41) is 11.2. The molecule has 2 aliphatic rings. The van der Waals surface area contributed by atoms with Crippen LogP contribution in [-0.4, -0.2) is 50.7 Å². The molecule has 1 aromatic heterocycles. The third-order valence-electron chi connectivity index (χ3n) is 4.91. The van der Waals surface area contributed by atoms with Crippen molar-refractivity contribution in [3.63, 3.8) is 0 Å². The number of carbonyl (C=O) groups excluding carboxylic acids is 1. The Bertz CT molecular complexity index is 1060. The fourth-order valence-electron chi connectivity index (χ4n) is 3.30. The normalized spacial score (nSPS) is 16.1. The number of ether oxygens (including phenoxy) is 1. The second kappa shape index (κ2) is 9.80. The van der Waals surface area contributed by atoms with Crippen LogP contribution in [0.4, 0.5) is 10.1 Å². The fourth-order valence-corrected chi connectivity index (χ4v) is 4.95. The first-order valence-electron chi connectivity index (χ1n) is 9.75. The van der Waals surface area contributed by atoms with Gasteiger partial charge in [0.05, 0.1) is 18.2 Å². The molecule has 0 saturated heterocycles. The maximum absolute atomic E-state index is 14.1. The summed E-state index contributed by atoms with van der Waals surface area (Å²) in [6, 6.07) is 4.65. The molecule has 0 radical (unpaired) electrons. The first-order valence-corrected chi connectivity index (χ1v) is 11.6. The van der Waals surface area contributed by atoms with Gasteiger partial charge in [-0.1, -0.05) is 24.4 Å². The lowest BCUT2D eigenvalue weighted by Gasteiger charge is -2.30. The number of aromatic nitrogens is 1. The molecule has 1 aliphatic carbocycles. The first-order chi connectivity index (χ1) is 14.7. The van der Waals surface area contributed by atoms with Crippen LogP contribution in [-0.2, 0) is 10.0 Å². The number of hydrogen-bond acceptors (Lipinski definition) is 6. The van der Waals surface area contributed by atoms with Crippen LogP contribution in [0.3, 0.4) is 0 Å². The van der Waals surface area contributed by atoms with E-state index in [9.17, 15) is 17.6 Å². The van der Waals surface area contributed by atoms with Gasteiger partial charge in [-0.05, 0) is 37.1 Å². The van der Waals surface area contributed by atoms with Gasteiger partial charge in [0.2, 0.25) is 5.88 Å². The molecule has 8 nitrogen and oxygen atoms in total. The van der Waals surface area contributed by atoms with Gasteiger partial charge in [-0.25, -0.2) is 17.8 Å². The molecule has 1 saturated carbocycles. The van der Waals surface area contributed by atoms with Crippen molar-refractivity contribution in [1.82, 2.24) is 10.3 Å². The van der Waals surface area contributed by atoms with Crippen LogP contribution >= 0.6 is 11.6 Å². The molecular weight excluding hydrogens is 449 g/mol. The Morgan fingerprint density at radius 2 is 2.03 bits per heavy atom. The third kappa shape index (κ3) is 5.25. The molecule has 11 heteroatoms. The summed E-state index contributed by atoms with van der Waals surface area (Å²) in [6.07, 6.45) is 5.88. The van der Waals surface area contributed by atoms with Gasteiger partial charge in [-0.15, -0.1) is 0 Å². The number of nitrogens with zero attached hydrogens (tertiary/aromatic N) is 2. The van der Waals surface area contributed by atoms with E-state index < -0.39 is 26.6 Å². The molecule has 1 fully saturated rings. The summed E-state index contributed by atoms with van der Waals surface area (Å²) in [5.41, 5.74) is 0.227. The Balaban J connectivity index is 0.000000391. The molecule has 4 rings (SSSR count). The van der Waals surface area contributed by atoms with Crippen LogP contribution < -0.4 is 14.4 Å². The van der Waals surface area contributed by atoms with E-state index >= 15 is 0 Å². The van der Waals surface area contributed by atoms with Crippen LogP contribution in [0.15, 0.2) is 35.4 Å². The molecule has 0 atom stereocenters. The number of carbonyl (C=O) groups is 1. The van der Waals surface area contributed by atoms with Crippen LogP contribution in [0.5, 0.6) is 5.88 Å². The number of rotatable bonds is 3. The average molecular weight is 472 g/mol. The van der Waals surface area contributed by atoms with E-state index in [-0.39, 0.29) is 41.4 Å². The quantitative estimate of drug-likeness (QED) is 0.712. The van der Waals surface area contributed by atoms with Gasteiger partial charge in [0.1, 0.15) is 23.0 Å². The molecule has 168 valence electrons. The van der Waals surface area contributed by atoms with Crippen LogP contribution in [0.1, 0.15) is 36.0 Å². The predicted molar refractivity (Wildman–Crippen MR) is 114 cm³/mol. The molecule has 0 spiro atoms. The average Bonchev–Trinajstić information content (AvgIpc) is 3.23. The lowest BCUT2D eigenvalue weighted by Crippen LogP contribution is -2.39. The standard InChI is InChI=1S/C15H13ClFN3O4S.C5H10O/c1-18-14(21)9-6-12-15(19-8-9)24-5-4-20(12)25(22,23)13-3-2-10(16)7-11(13)17;6-5-3-1-2-4-5/h2-3,6-8H,4-5H2,1H3,(H,18,21);5-6H,1-4H2. The van der Waals surface area contributed by atoms with Gasteiger partial charge in [-0.3, -0.25) is 9.10 Å². The summed E-state index contributed by atoms with van der Waals surface area (Å²) in [4.78, 5) is 15.2. The number of hydrogen-bond donors (Lipinski definition) is 2. The second-order valence-corrected chi connectivity index (χ2v) is 9.33. The largest absolute Gasteiger partial charge is 0.474 e. The van der Waals surface area contributed by atoms with E-state index in [1.165, 1.54) is 38.2 Å². The number of halogens is 2. The smallest absolute Gasteiger partial charge is 0.267 e. The van der Waals surface area contributed by atoms with E-state index in [1.54, 1.807) is 0 Å². The molecule has 1 amide bonds. The minimum atomic E-state index is -4.22. The van der Waals surface area contributed by atoms with Crippen molar-refractivity contribution < 1.29 is 27.4 Å². The van der Waals surface area contributed by atoms with Crippen LogP contribution in [0.2, 0.25) is 5.02 Å². The number of aliphatic hydroxyl groups is 1. The first kappa shape index (κ1) is 23.2. The second-order valence-electron chi connectivity index (χ2n) is 7.07. The Labute approximate surface area is 185 Å². The number of aliphatic hydroxyl groups excluding tert-OH is 1. The monoisotopic (exact) mass is 471 g/mol. The van der Waals surface area contributed by atoms with E-state index in [2.05, 4.69) is 10.3 Å². The third-order valence-corrected chi connectivity index (χ3v) is 6.99. The molecule has 1 aliphatic heterocycles. The van der Waals surface area contributed by atoms with E-state index in [4.69, 9.17) is 21.4 Å². The van der Waals surface area contributed by atoms with Crippen molar-refractivity contribution in [3.05, 3.63) is 46.9 Å². The molecule has 1 aromatic carbocycles. The Morgan fingerprint density at radius 1 is 1.32 bits per heavy atom. The Kier molecular flexibility index (Phi) is 7.34. The minimum Gasteiger partial charge on any atom is -0.474 e. The summed E-state index contributed by atoms with van der Waals surface area (Å²) < 4.78 is 46.2. The number of pyridine rings is 1. The van der Waals surface area contributed by atoms with E-state index in [0.29, 0.717) is 0 Å². The molecule has 0 bridgehead atoms. The van der Waals surface area contributed by atoms with Crippen LogP contribution in [0.25, 0.3) is 0 Å². The summed E-state index contributed by atoms with van der Waals surface area (Å²) in [6.45, 7) is 0.00400. The topological polar surface area (TPSA) is 109 Å². The minimum absolute atomic E-state index is 0.0454. The maximum atomic E-state index is 14.1. The van der Waals surface area contributed by atoms with E-state index in [1.807, 2.05) is 0 Å². The zero-order valence-corrected chi connectivity index (χ0v) is 18.4. The highest BCUT2D eigenvalue weighted by atomic mass is 35.5. The lowest BCUT2D eigenvalue weighted by molar-refractivity contribution is 0.0962. The number of anilines is 1. The van der Waals surface area contributed by atoms with Crippen molar-refractivity contribution >= 4 is 33.2 Å². The van der Waals surface area contributed by atoms with Crippen molar-refractivity contribution in [2.75, 3.05) is 24.5 Å². The molecule has 31 heavy (non-hydrogen) atoms. The highest BCUT2D eigenvalue weighted by Gasteiger charge is 2.33. The number of benzene rings is 1. The lowest BCUT2D eigenvalue weighted by atomic mass is 10.2. The highest BCUT2D eigenvalue weighted by molar-refractivity contribution is 7.92. The summed E-state index contributed by atoms with van der Waals surface area (Å²) in [7, 11) is -2.78. The predicted octanol–water partition coefficient (Wildman–Crippen LogP) is 2.74. The maximum Gasteiger partial charge on any atom is 0.267 e. The zero-order valence-electron chi connectivity index (χ0n) is 16.8. The number of fused-ring (bicyclic) bond motifs is 1. The number of amides is 1. The van der Waals surface area contributed by atoms with Gasteiger partial charge in [-0.2, -0.15) is 0 Å². The van der Waals surface area contributed by atoms with Crippen molar-refractivity contribution in [2.24, 2.45) is 0 Å². The molecular formula is C20H23ClFN3O5S. The van der Waals surface area contributed by atoms with Gasteiger partial charge >= 0.3 is 0 Å². The van der Waals surface area contributed by atoms with Crippen molar-refractivity contribution in [2.45, 2.75) is 36.7 Å². The number of sulfonamides is 1. The highest BCUT2D eigenvalue weighted by Crippen LogP contribution is 2.35. The number of nitrogens with one attached hydrogen (secondary N) is 1. The zero-order chi connectivity index (χ0) is 22.6. The fraction of sp³-hybridized carbons (Fsp3) is 0.400. The Morgan fingerprint density at radius 3 is 2.61 bits per heavy atom. The van der Waals surface area contributed by atoms with Gasteiger partial charge < -0.3 is 15.2 Å².